The molecule has 0 amide bonds. The van der Waals surface area contributed by atoms with Crippen LogP contribution in [0.2, 0.25) is 0 Å². The number of anilines is 2. The predicted octanol–water partition coefficient (Wildman–Crippen LogP) is 4.26. The summed E-state index contributed by atoms with van der Waals surface area (Å²) in [6.45, 7) is 10.5. The summed E-state index contributed by atoms with van der Waals surface area (Å²) >= 11 is 0. The van der Waals surface area contributed by atoms with E-state index in [-0.39, 0.29) is 6.04 Å². The molecule has 2 aromatic heterocycles. The lowest BCUT2D eigenvalue weighted by molar-refractivity contribution is 0.315. The molecule has 1 fully saturated rings. The number of rotatable bonds is 5. The molecule has 3 aromatic rings. The molecule has 0 saturated carbocycles. The Morgan fingerprint density at radius 2 is 1.93 bits per heavy atom. The van der Waals surface area contributed by atoms with E-state index < -0.39 is 0 Å². The maximum absolute atomic E-state index is 4.76. The van der Waals surface area contributed by atoms with E-state index in [1.54, 1.807) is 0 Å². The van der Waals surface area contributed by atoms with E-state index >= 15 is 0 Å². The van der Waals surface area contributed by atoms with E-state index in [0.717, 1.165) is 47.6 Å². The summed E-state index contributed by atoms with van der Waals surface area (Å²) in [4.78, 5) is 9.43. The van der Waals surface area contributed by atoms with Crippen LogP contribution < -0.4 is 10.2 Å². The first-order valence-electron chi connectivity index (χ1n) is 10.7. The molecule has 0 radical (unpaired) electrons. The maximum atomic E-state index is 4.76. The van der Waals surface area contributed by atoms with Crippen LogP contribution in [0, 0.1) is 20.8 Å². The summed E-state index contributed by atoms with van der Waals surface area (Å²) in [6, 6.07) is 9.33. The zero-order valence-electron chi connectivity index (χ0n) is 18.9. The van der Waals surface area contributed by atoms with Gasteiger partial charge in [-0.1, -0.05) is 18.2 Å². The Morgan fingerprint density at radius 1 is 1.13 bits per heavy atom. The van der Waals surface area contributed by atoms with Crippen molar-refractivity contribution in [2.24, 2.45) is 0 Å². The molecule has 1 saturated heterocycles. The lowest BCUT2D eigenvalue weighted by atomic mass is 9.98. The van der Waals surface area contributed by atoms with Gasteiger partial charge >= 0.3 is 0 Å². The van der Waals surface area contributed by atoms with Gasteiger partial charge in [0.25, 0.3) is 0 Å². The molecular formula is C24H32N6. The lowest BCUT2D eigenvalue weighted by Crippen LogP contribution is -2.31. The number of hydrogen-bond acceptors (Lipinski definition) is 6. The summed E-state index contributed by atoms with van der Waals surface area (Å²) in [7, 11) is 4.30. The zero-order chi connectivity index (χ0) is 21.4. The average Bonchev–Trinajstić information content (AvgIpc) is 3.22. The number of fused-ring (bicyclic) bond motifs is 1. The second-order valence-corrected chi connectivity index (χ2v) is 8.73. The molecule has 4 rings (SSSR count). The highest BCUT2D eigenvalue weighted by Gasteiger charge is 2.25. The third-order valence-corrected chi connectivity index (χ3v) is 6.52. The van der Waals surface area contributed by atoms with Crippen molar-refractivity contribution in [3.05, 3.63) is 52.8 Å². The van der Waals surface area contributed by atoms with Gasteiger partial charge in [-0.05, 0) is 71.0 Å². The van der Waals surface area contributed by atoms with Crippen molar-refractivity contribution in [1.29, 1.82) is 0 Å². The molecule has 1 aliphatic rings. The second kappa shape index (κ2) is 8.19. The Hall–Kier alpha value is -2.73. The lowest BCUT2D eigenvalue weighted by Gasteiger charge is -2.22. The summed E-state index contributed by atoms with van der Waals surface area (Å²) in [5.74, 6) is 1.83. The molecule has 0 unspecified atom stereocenters. The Bertz CT molecular complexity index is 1060. The third-order valence-electron chi connectivity index (χ3n) is 6.52. The molecule has 0 spiro atoms. The number of aryl methyl sites for hydroxylation is 2. The highest BCUT2D eigenvalue weighted by Crippen LogP contribution is 2.31. The van der Waals surface area contributed by atoms with Crippen LogP contribution in [0.15, 0.2) is 30.5 Å². The minimum absolute atomic E-state index is 0.131. The van der Waals surface area contributed by atoms with Crippen molar-refractivity contribution in [3.63, 3.8) is 0 Å². The number of nitrogens with zero attached hydrogens (tertiary/aromatic N) is 5. The molecule has 158 valence electrons. The number of pyridine rings is 1. The topological polar surface area (TPSA) is 57.2 Å². The van der Waals surface area contributed by atoms with Gasteiger partial charge in [0, 0.05) is 36.1 Å². The minimum Gasteiger partial charge on any atom is -0.362 e. The molecule has 1 N–H and O–H groups in total. The smallest absolute Gasteiger partial charge is 0.157 e. The van der Waals surface area contributed by atoms with Gasteiger partial charge in [0.05, 0.1) is 11.7 Å². The first-order valence-corrected chi connectivity index (χ1v) is 10.7. The standard InChI is InChI=1S/C24H32N6/c1-15-8-7-9-20(16(15)2)17(3)26-24-21-12-23(25-13-22(21)18(4)27-28-24)30-11-10-19(14-30)29(5)6/h7-9,12-13,17,19H,10-11,14H2,1-6H3,(H,26,28)/t17-,19+/m1/s1. The number of nitrogens with one attached hydrogen (secondary N) is 1. The van der Waals surface area contributed by atoms with E-state index in [1.165, 1.54) is 16.7 Å². The van der Waals surface area contributed by atoms with Crippen LogP contribution >= 0.6 is 0 Å². The molecule has 0 aliphatic carbocycles. The Balaban J connectivity index is 1.68. The van der Waals surface area contributed by atoms with Crippen LogP contribution in [0.5, 0.6) is 0 Å². The summed E-state index contributed by atoms with van der Waals surface area (Å²) in [5, 5.41) is 14.6. The van der Waals surface area contributed by atoms with Crippen molar-refractivity contribution in [1.82, 2.24) is 20.1 Å². The molecule has 2 atom stereocenters. The Kier molecular flexibility index (Phi) is 5.60. The molecule has 30 heavy (non-hydrogen) atoms. The second-order valence-electron chi connectivity index (χ2n) is 8.73. The summed E-state index contributed by atoms with van der Waals surface area (Å²) in [5.41, 5.74) is 4.81. The number of likely N-dealkylation sites (N-methyl/N-ethyl adjacent to an activating group) is 1. The minimum atomic E-state index is 0.131. The molecule has 6 heteroatoms. The van der Waals surface area contributed by atoms with Crippen molar-refractivity contribution >= 4 is 22.4 Å². The number of aromatic nitrogens is 3. The predicted molar refractivity (Wildman–Crippen MR) is 124 cm³/mol. The van der Waals surface area contributed by atoms with Crippen LogP contribution in [0.4, 0.5) is 11.6 Å². The van der Waals surface area contributed by atoms with Gasteiger partial charge in [0.1, 0.15) is 5.82 Å². The average molecular weight is 405 g/mol. The summed E-state index contributed by atoms with van der Waals surface area (Å²) in [6.07, 6.45) is 3.11. The monoisotopic (exact) mass is 404 g/mol. The maximum Gasteiger partial charge on any atom is 0.157 e. The van der Waals surface area contributed by atoms with Gasteiger partial charge in [-0.3, -0.25) is 0 Å². The van der Waals surface area contributed by atoms with Crippen molar-refractivity contribution in [2.75, 3.05) is 37.4 Å². The fourth-order valence-corrected chi connectivity index (χ4v) is 4.34. The van der Waals surface area contributed by atoms with Gasteiger partial charge in [-0.25, -0.2) is 4.98 Å². The molecule has 6 nitrogen and oxygen atoms in total. The van der Waals surface area contributed by atoms with Crippen molar-refractivity contribution in [3.8, 4) is 0 Å². The third kappa shape index (κ3) is 3.84. The van der Waals surface area contributed by atoms with Crippen LogP contribution in [-0.2, 0) is 0 Å². The van der Waals surface area contributed by atoms with Crippen molar-refractivity contribution in [2.45, 2.75) is 46.2 Å². The van der Waals surface area contributed by atoms with Crippen LogP contribution in [-0.4, -0.2) is 53.3 Å². The van der Waals surface area contributed by atoms with Gasteiger partial charge in [0.15, 0.2) is 5.82 Å². The van der Waals surface area contributed by atoms with E-state index in [2.05, 4.69) is 84.4 Å². The largest absolute Gasteiger partial charge is 0.362 e. The van der Waals surface area contributed by atoms with Crippen LogP contribution in [0.25, 0.3) is 10.8 Å². The fraction of sp³-hybridized carbons (Fsp3) is 0.458. The highest BCUT2D eigenvalue weighted by atomic mass is 15.3. The molecule has 0 bridgehead atoms. The summed E-state index contributed by atoms with van der Waals surface area (Å²) < 4.78 is 0. The van der Waals surface area contributed by atoms with E-state index in [9.17, 15) is 0 Å². The first kappa shape index (κ1) is 20.5. The van der Waals surface area contributed by atoms with Crippen molar-refractivity contribution < 1.29 is 0 Å². The van der Waals surface area contributed by atoms with E-state index in [1.807, 2.05) is 13.1 Å². The van der Waals surface area contributed by atoms with Gasteiger partial charge < -0.3 is 15.1 Å². The van der Waals surface area contributed by atoms with Gasteiger partial charge in [0.2, 0.25) is 0 Å². The quantitative estimate of drug-likeness (QED) is 0.686. The van der Waals surface area contributed by atoms with E-state index in [0.29, 0.717) is 6.04 Å². The fourth-order valence-electron chi connectivity index (χ4n) is 4.34. The Labute approximate surface area is 179 Å². The number of hydrogen-bond donors (Lipinski definition) is 1. The van der Waals surface area contributed by atoms with E-state index in [4.69, 9.17) is 4.98 Å². The van der Waals surface area contributed by atoms with Crippen LogP contribution in [0.3, 0.4) is 0 Å². The SMILES string of the molecule is Cc1cccc([C@@H](C)Nc2nnc(C)c3cnc(N4CC[C@H](N(C)C)C4)cc23)c1C. The number of benzene rings is 1. The molecule has 3 heterocycles. The van der Waals surface area contributed by atoms with Gasteiger partial charge in [-0.15, -0.1) is 5.10 Å². The Morgan fingerprint density at radius 3 is 2.67 bits per heavy atom. The first-order chi connectivity index (χ1) is 14.3. The normalized spacial score (nSPS) is 17.7. The highest BCUT2D eigenvalue weighted by molar-refractivity contribution is 5.94. The molecule has 1 aromatic carbocycles. The van der Waals surface area contributed by atoms with Crippen LogP contribution in [0.1, 0.15) is 41.8 Å². The van der Waals surface area contributed by atoms with Gasteiger partial charge in [-0.2, -0.15) is 5.10 Å². The molecular weight excluding hydrogens is 372 g/mol. The zero-order valence-corrected chi connectivity index (χ0v) is 18.9. The molecule has 1 aliphatic heterocycles.